The number of rotatable bonds is 4. The first-order valence-corrected chi connectivity index (χ1v) is 8.17. The number of H-pyrrole nitrogens is 1. The van der Waals surface area contributed by atoms with Gasteiger partial charge in [0, 0.05) is 34.5 Å². The van der Waals surface area contributed by atoms with Gasteiger partial charge in [0.25, 0.3) is 5.91 Å². The average Bonchev–Trinajstić information content (AvgIpc) is 3.12. The molecule has 6 nitrogen and oxygen atoms in total. The Hall–Kier alpha value is -3.74. The Kier molecular flexibility index (Phi) is 4.25. The first-order valence-electron chi connectivity index (χ1n) is 8.17. The molecule has 0 radical (unpaired) electrons. The second-order valence-electron chi connectivity index (χ2n) is 5.90. The van der Waals surface area contributed by atoms with Crippen LogP contribution in [0, 0.1) is 5.82 Å². The zero-order valence-electron chi connectivity index (χ0n) is 14.4. The van der Waals surface area contributed by atoms with Crippen LogP contribution in [0.1, 0.15) is 10.4 Å². The summed E-state index contributed by atoms with van der Waals surface area (Å²) in [5.74, 6) is -0.0784. The summed E-state index contributed by atoms with van der Waals surface area (Å²) in [6, 6.07) is 9.06. The van der Waals surface area contributed by atoms with Crippen molar-refractivity contribution in [2.75, 3.05) is 12.4 Å². The maximum Gasteiger partial charge on any atom is 0.255 e. The Morgan fingerprint density at radius 1 is 1.15 bits per heavy atom. The molecule has 0 unspecified atom stereocenters. The molecular weight excluding hydrogens is 347 g/mol. The lowest BCUT2D eigenvalue weighted by molar-refractivity contribution is 0.102. The third kappa shape index (κ3) is 3.35. The van der Waals surface area contributed by atoms with Crippen molar-refractivity contribution in [2.45, 2.75) is 0 Å². The number of carbonyl (C=O) groups excluding carboxylic acids is 1. The van der Waals surface area contributed by atoms with E-state index in [0.29, 0.717) is 22.6 Å². The number of nitrogens with zero attached hydrogens (tertiary/aromatic N) is 2. The second-order valence-corrected chi connectivity index (χ2v) is 5.90. The fourth-order valence-corrected chi connectivity index (χ4v) is 2.79. The van der Waals surface area contributed by atoms with Crippen LogP contribution in [-0.2, 0) is 0 Å². The number of aromatic amines is 1. The Morgan fingerprint density at radius 2 is 1.96 bits per heavy atom. The van der Waals surface area contributed by atoms with Crippen molar-refractivity contribution < 1.29 is 13.9 Å². The molecule has 2 N–H and O–H groups in total. The molecule has 1 amide bonds. The van der Waals surface area contributed by atoms with Gasteiger partial charge in [-0.05, 0) is 36.4 Å². The smallest absolute Gasteiger partial charge is 0.255 e. The predicted octanol–water partition coefficient (Wildman–Crippen LogP) is 4.02. The quantitative estimate of drug-likeness (QED) is 0.574. The van der Waals surface area contributed by atoms with Crippen LogP contribution in [0.5, 0.6) is 5.75 Å². The molecule has 4 aromatic rings. The van der Waals surface area contributed by atoms with E-state index in [1.165, 1.54) is 24.3 Å². The van der Waals surface area contributed by atoms with E-state index >= 15 is 0 Å². The number of benzene rings is 1. The highest BCUT2D eigenvalue weighted by Gasteiger charge is 2.11. The number of carbonyl (C=O) groups is 1. The van der Waals surface area contributed by atoms with E-state index in [0.717, 1.165) is 16.5 Å². The van der Waals surface area contributed by atoms with Gasteiger partial charge in [0.2, 0.25) is 0 Å². The third-order valence-electron chi connectivity index (χ3n) is 4.16. The molecule has 0 atom stereocenters. The molecule has 0 bridgehead atoms. The van der Waals surface area contributed by atoms with Crippen molar-refractivity contribution in [1.29, 1.82) is 0 Å². The molecule has 27 heavy (non-hydrogen) atoms. The van der Waals surface area contributed by atoms with E-state index in [2.05, 4.69) is 20.3 Å². The van der Waals surface area contributed by atoms with Crippen LogP contribution in [0.15, 0.2) is 61.2 Å². The van der Waals surface area contributed by atoms with E-state index in [4.69, 9.17) is 4.74 Å². The number of pyridine rings is 2. The summed E-state index contributed by atoms with van der Waals surface area (Å²) >= 11 is 0. The van der Waals surface area contributed by atoms with Crippen LogP contribution in [0.25, 0.3) is 22.2 Å². The Bertz CT molecular complexity index is 1120. The largest absolute Gasteiger partial charge is 0.495 e. The summed E-state index contributed by atoms with van der Waals surface area (Å²) in [7, 11) is 1.58. The minimum absolute atomic E-state index is 0.337. The molecule has 4 rings (SSSR count). The number of amides is 1. The van der Waals surface area contributed by atoms with E-state index in [1.54, 1.807) is 25.7 Å². The highest BCUT2D eigenvalue weighted by molar-refractivity contribution is 6.05. The molecule has 3 heterocycles. The molecule has 0 saturated carbocycles. The zero-order valence-corrected chi connectivity index (χ0v) is 14.4. The molecule has 7 heteroatoms. The van der Waals surface area contributed by atoms with Gasteiger partial charge in [-0.3, -0.25) is 9.78 Å². The summed E-state index contributed by atoms with van der Waals surface area (Å²) in [5.41, 5.74) is 3.34. The Balaban J connectivity index is 1.67. The topological polar surface area (TPSA) is 79.9 Å². The number of aromatic nitrogens is 3. The van der Waals surface area contributed by atoms with Crippen molar-refractivity contribution in [3.63, 3.8) is 0 Å². The van der Waals surface area contributed by atoms with Gasteiger partial charge in [0.05, 0.1) is 25.2 Å². The molecule has 3 aromatic heterocycles. The van der Waals surface area contributed by atoms with Gasteiger partial charge in [-0.15, -0.1) is 0 Å². The average molecular weight is 362 g/mol. The van der Waals surface area contributed by atoms with Crippen LogP contribution in [0.4, 0.5) is 10.1 Å². The van der Waals surface area contributed by atoms with Crippen LogP contribution < -0.4 is 10.1 Å². The van der Waals surface area contributed by atoms with Gasteiger partial charge >= 0.3 is 0 Å². The lowest BCUT2D eigenvalue weighted by Crippen LogP contribution is -2.11. The van der Waals surface area contributed by atoms with E-state index in [-0.39, 0.29) is 5.91 Å². The number of anilines is 1. The second kappa shape index (κ2) is 6.87. The van der Waals surface area contributed by atoms with E-state index < -0.39 is 5.82 Å². The minimum Gasteiger partial charge on any atom is -0.495 e. The van der Waals surface area contributed by atoms with Gasteiger partial charge in [0.15, 0.2) is 0 Å². The lowest BCUT2D eigenvalue weighted by Gasteiger charge is -2.06. The third-order valence-corrected chi connectivity index (χ3v) is 4.16. The summed E-state index contributed by atoms with van der Waals surface area (Å²) < 4.78 is 18.2. The van der Waals surface area contributed by atoms with Crippen molar-refractivity contribution in [1.82, 2.24) is 15.0 Å². The first-order chi connectivity index (χ1) is 13.1. The van der Waals surface area contributed by atoms with Gasteiger partial charge in [-0.1, -0.05) is 0 Å². The first kappa shape index (κ1) is 16.7. The maximum atomic E-state index is 13.0. The van der Waals surface area contributed by atoms with Crippen molar-refractivity contribution in [2.24, 2.45) is 0 Å². The van der Waals surface area contributed by atoms with Gasteiger partial charge in [-0.2, -0.15) is 0 Å². The fraction of sp³-hybridized carbons (Fsp3) is 0.0500. The highest BCUT2D eigenvalue weighted by atomic mass is 19.1. The van der Waals surface area contributed by atoms with E-state index in [9.17, 15) is 9.18 Å². The fourth-order valence-electron chi connectivity index (χ4n) is 2.79. The van der Waals surface area contributed by atoms with Gasteiger partial charge < -0.3 is 15.0 Å². The predicted molar refractivity (Wildman–Crippen MR) is 100 cm³/mol. The minimum atomic E-state index is -0.390. The number of fused-ring (bicyclic) bond motifs is 1. The molecule has 0 aliphatic carbocycles. The number of methoxy groups -OCH3 is 1. The molecule has 134 valence electrons. The van der Waals surface area contributed by atoms with Crippen molar-refractivity contribution in [3.8, 4) is 16.9 Å². The standard InChI is InChI=1S/C20H15FN4O2/c1-27-16-6-13(8-22-10-16)18-11-24-19-17(18)7-15(9-23-19)25-20(26)12-2-4-14(21)5-3-12/h2-11H,1H3,(H,23,24)(H,25,26). The summed E-state index contributed by atoms with van der Waals surface area (Å²) in [6.45, 7) is 0. The van der Waals surface area contributed by atoms with Gasteiger partial charge in [0.1, 0.15) is 17.2 Å². The monoisotopic (exact) mass is 362 g/mol. The highest BCUT2D eigenvalue weighted by Crippen LogP contribution is 2.30. The molecule has 0 aliphatic heterocycles. The Morgan fingerprint density at radius 3 is 2.74 bits per heavy atom. The Labute approximate surface area is 154 Å². The van der Waals surface area contributed by atoms with E-state index in [1.807, 2.05) is 18.3 Å². The normalized spacial score (nSPS) is 10.7. The molecule has 0 spiro atoms. The number of ether oxygens (including phenoxy) is 1. The molecule has 1 aromatic carbocycles. The number of hydrogen-bond acceptors (Lipinski definition) is 4. The van der Waals surface area contributed by atoms with Crippen molar-refractivity contribution >= 4 is 22.6 Å². The lowest BCUT2D eigenvalue weighted by atomic mass is 10.1. The summed E-state index contributed by atoms with van der Waals surface area (Å²) in [4.78, 5) is 24.0. The van der Waals surface area contributed by atoms with Crippen LogP contribution in [0.2, 0.25) is 0 Å². The van der Waals surface area contributed by atoms with Gasteiger partial charge in [-0.25, -0.2) is 9.37 Å². The number of nitrogens with one attached hydrogen (secondary N) is 2. The molecule has 0 saturated heterocycles. The van der Waals surface area contributed by atoms with Crippen LogP contribution in [0.3, 0.4) is 0 Å². The zero-order chi connectivity index (χ0) is 18.8. The van der Waals surface area contributed by atoms with Crippen LogP contribution >= 0.6 is 0 Å². The summed E-state index contributed by atoms with van der Waals surface area (Å²) in [5, 5.41) is 3.62. The van der Waals surface area contributed by atoms with Crippen molar-refractivity contribution in [3.05, 3.63) is 72.6 Å². The number of hydrogen-bond donors (Lipinski definition) is 2. The van der Waals surface area contributed by atoms with Crippen LogP contribution in [-0.4, -0.2) is 28.0 Å². The maximum absolute atomic E-state index is 13.0. The molecular formula is C20H15FN4O2. The number of halogens is 1. The molecule has 0 fully saturated rings. The summed E-state index contributed by atoms with van der Waals surface area (Å²) in [6.07, 6.45) is 6.76. The SMILES string of the molecule is COc1cncc(-c2c[nH]c3ncc(NC(=O)c4ccc(F)cc4)cc23)c1. The molecule has 0 aliphatic rings.